The fourth-order valence-corrected chi connectivity index (χ4v) is 3.96. The lowest BCUT2D eigenvalue weighted by Crippen LogP contribution is -2.24. The summed E-state index contributed by atoms with van der Waals surface area (Å²) < 4.78 is 5.33. The van der Waals surface area contributed by atoms with Crippen molar-refractivity contribution in [3.05, 3.63) is 12.2 Å². The van der Waals surface area contributed by atoms with E-state index in [1.54, 1.807) is 6.92 Å². The molecule has 0 spiro atoms. The molecule has 164 valence electrons. The molecule has 0 fully saturated rings. The molecular weight excluding hydrogens is 352 g/mol. The molecule has 0 saturated heterocycles. The van der Waals surface area contributed by atoms with Crippen molar-refractivity contribution in [2.24, 2.45) is 0 Å². The predicted molar refractivity (Wildman–Crippen MR) is 115 cm³/mol. The highest BCUT2D eigenvalue weighted by Gasteiger charge is 2.17. The van der Waals surface area contributed by atoms with Crippen molar-refractivity contribution < 1.29 is 19.7 Å². The molecule has 1 aliphatic heterocycles. The van der Waals surface area contributed by atoms with Crippen LogP contribution in [0.15, 0.2) is 12.2 Å². The van der Waals surface area contributed by atoms with Crippen LogP contribution in [0.2, 0.25) is 0 Å². The van der Waals surface area contributed by atoms with Gasteiger partial charge in [-0.05, 0) is 32.6 Å². The van der Waals surface area contributed by atoms with E-state index < -0.39 is 12.2 Å². The zero-order valence-electron chi connectivity index (χ0n) is 18.1. The van der Waals surface area contributed by atoms with Gasteiger partial charge in [-0.2, -0.15) is 0 Å². The largest absolute Gasteiger partial charge is 0.459 e. The number of esters is 1. The number of aliphatic hydroxyl groups is 2. The molecule has 0 saturated carbocycles. The molecule has 1 heterocycles. The Morgan fingerprint density at radius 3 is 1.82 bits per heavy atom. The lowest BCUT2D eigenvalue weighted by atomic mass is 10.0. The summed E-state index contributed by atoms with van der Waals surface area (Å²) in [6.45, 7) is 1.80. The Kier molecular flexibility index (Phi) is 15.3. The number of hydrogen-bond donors (Lipinski definition) is 2. The van der Waals surface area contributed by atoms with Crippen LogP contribution in [-0.4, -0.2) is 34.5 Å². The van der Waals surface area contributed by atoms with E-state index in [2.05, 4.69) is 0 Å². The summed E-state index contributed by atoms with van der Waals surface area (Å²) >= 11 is 0. The summed E-state index contributed by atoms with van der Waals surface area (Å²) in [4.78, 5) is 11.8. The first-order valence-corrected chi connectivity index (χ1v) is 11.8. The van der Waals surface area contributed by atoms with E-state index in [4.69, 9.17) is 4.74 Å². The van der Waals surface area contributed by atoms with Gasteiger partial charge < -0.3 is 14.9 Å². The van der Waals surface area contributed by atoms with Crippen molar-refractivity contribution in [2.75, 3.05) is 0 Å². The average molecular weight is 397 g/mol. The normalized spacial score (nSPS) is 29.5. The van der Waals surface area contributed by atoms with E-state index in [9.17, 15) is 15.0 Å². The van der Waals surface area contributed by atoms with E-state index in [0.717, 1.165) is 32.1 Å². The van der Waals surface area contributed by atoms with Gasteiger partial charge in [0.25, 0.3) is 0 Å². The van der Waals surface area contributed by atoms with E-state index in [0.29, 0.717) is 12.8 Å². The second-order valence-electron chi connectivity index (χ2n) is 8.60. The number of carbonyl (C=O) groups excluding carboxylic acids is 1. The first kappa shape index (κ1) is 25.2. The first-order chi connectivity index (χ1) is 13.6. The minimum atomic E-state index is -0.632. The molecular formula is C24H44O4. The smallest absolute Gasteiger partial charge is 0.330 e. The first-order valence-electron chi connectivity index (χ1n) is 11.8. The standard InChI is InChI=1S/C24H44O4/c1-21-19-23(26)20-22(25)17-15-13-11-9-7-5-3-2-4-6-8-10-12-14-16-18-24(27)28-21/h16,18,21-23,25-26H,2-15,17,19-20H2,1H3/t21-,22+,23+/m1/s1. The average Bonchev–Trinajstić information content (AvgIpc) is 2.63. The Labute approximate surface area is 172 Å². The van der Waals surface area contributed by atoms with Gasteiger partial charge in [0.05, 0.1) is 12.2 Å². The number of hydrogen-bond acceptors (Lipinski definition) is 4. The summed E-state index contributed by atoms with van der Waals surface area (Å²) in [6.07, 6.45) is 20.8. The molecule has 2 N–H and O–H groups in total. The topological polar surface area (TPSA) is 66.8 Å². The number of rotatable bonds is 0. The maximum Gasteiger partial charge on any atom is 0.330 e. The van der Waals surface area contributed by atoms with Crippen molar-refractivity contribution in [3.8, 4) is 0 Å². The minimum absolute atomic E-state index is 0.338. The molecule has 0 aromatic carbocycles. The molecule has 4 nitrogen and oxygen atoms in total. The van der Waals surface area contributed by atoms with Crippen molar-refractivity contribution in [1.29, 1.82) is 0 Å². The molecule has 0 aromatic heterocycles. The monoisotopic (exact) mass is 396 g/mol. The van der Waals surface area contributed by atoms with Gasteiger partial charge in [0.2, 0.25) is 0 Å². The van der Waals surface area contributed by atoms with Gasteiger partial charge in [0.1, 0.15) is 6.10 Å². The van der Waals surface area contributed by atoms with Crippen LogP contribution >= 0.6 is 0 Å². The second kappa shape index (κ2) is 17.0. The number of aliphatic hydroxyl groups excluding tert-OH is 2. The molecule has 0 amide bonds. The third-order valence-corrected chi connectivity index (χ3v) is 5.63. The van der Waals surface area contributed by atoms with Crippen molar-refractivity contribution >= 4 is 5.97 Å². The van der Waals surface area contributed by atoms with Gasteiger partial charge in [-0.25, -0.2) is 4.79 Å². The summed E-state index contributed by atoms with van der Waals surface area (Å²) in [7, 11) is 0. The summed E-state index contributed by atoms with van der Waals surface area (Å²) in [6, 6.07) is 0. The Bertz CT molecular complexity index is 407. The van der Waals surface area contributed by atoms with Gasteiger partial charge in [0.15, 0.2) is 0 Å². The quantitative estimate of drug-likeness (QED) is 0.505. The molecule has 1 aliphatic rings. The van der Waals surface area contributed by atoms with Gasteiger partial charge >= 0.3 is 5.97 Å². The molecule has 0 unspecified atom stereocenters. The van der Waals surface area contributed by atoms with Crippen molar-refractivity contribution in [3.63, 3.8) is 0 Å². The van der Waals surface area contributed by atoms with Gasteiger partial charge in [0, 0.05) is 12.5 Å². The minimum Gasteiger partial charge on any atom is -0.459 e. The third kappa shape index (κ3) is 15.1. The van der Waals surface area contributed by atoms with E-state index in [-0.39, 0.29) is 12.1 Å². The van der Waals surface area contributed by atoms with Crippen LogP contribution in [0.25, 0.3) is 0 Å². The highest BCUT2D eigenvalue weighted by atomic mass is 16.5. The fourth-order valence-electron chi connectivity index (χ4n) is 3.96. The molecule has 0 aromatic rings. The van der Waals surface area contributed by atoms with Gasteiger partial charge in [-0.15, -0.1) is 0 Å². The molecule has 0 radical (unpaired) electrons. The van der Waals surface area contributed by atoms with Crippen molar-refractivity contribution in [1.82, 2.24) is 0 Å². The third-order valence-electron chi connectivity index (χ3n) is 5.63. The van der Waals surface area contributed by atoms with E-state index in [1.165, 1.54) is 70.3 Å². The Morgan fingerprint density at radius 2 is 1.25 bits per heavy atom. The highest BCUT2D eigenvalue weighted by Crippen LogP contribution is 2.16. The zero-order chi connectivity index (χ0) is 20.5. The van der Waals surface area contributed by atoms with Crippen molar-refractivity contribution in [2.45, 2.75) is 134 Å². The number of carbonyl (C=O) groups is 1. The van der Waals surface area contributed by atoms with Crippen LogP contribution in [-0.2, 0) is 9.53 Å². The Hall–Kier alpha value is -0.870. The highest BCUT2D eigenvalue weighted by molar-refractivity contribution is 5.81. The van der Waals surface area contributed by atoms with Crippen LogP contribution in [0, 0.1) is 0 Å². The van der Waals surface area contributed by atoms with Crippen LogP contribution in [0.5, 0.6) is 0 Å². The maximum atomic E-state index is 11.8. The Morgan fingerprint density at radius 1 is 0.750 bits per heavy atom. The second-order valence-corrected chi connectivity index (χ2v) is 8.60. The molecule has 1 rings (SSSR count). The van der Waals surface area contributed by atoms with E-state index in [1.807, 2.05) is 6.08 Å². The molecule has 0 bridgehead atoms. The summed E-state index contributed by atoms with van der Waals surface area (Å²) in [5.74, 6) is -0.338. The summed E-state index contributed by atoms with van der Waals surface area (Å²) in [5.41, 5.74) is 0. The number of ether oxygens (including phenoxy) is 1. The van der Waals surface area contributed by atoms with Crippen LogP contribution < -0.4 is 0 Å². The maximum absolute atomic E-state index is 11.8. The van der Waals surface area contributed by atoms with Gasteiger partial charge in [-0.3, -0.25) is 0 Å². The van der Waals surface area contributed by atoms with Gasteiger partial charge in [-0.1, -0.05) is 83.1 Å². The molecule has 4 heteroatoms. The molecule has 3 atom stereocenters. The Balaban J connectivity index is 2.36. The molecule has 0 aliphatic carbocycles. The fraction of sp³-hybridized carbons (Fsp3) is 0.875. The zero-order valence-corrected chi connectivity index (χ0v) is 18.1. The lowest BCUT2D eigenvalue weighted by Gasteiger charge is -2.19. The van der Waals surface area contributed by atoms with E-state index >= 15 is 0 Å². The van der Waals surface area contributed by atoms with Crippen LogP contribution in [0.3, 0.4) is 0 Å². The molecule has 28 heavy (non-hydrogen) atoms. The number of allylic oxidation sites excluding steroid dienone is 1. The van der Waals surface area contributed by atoms with Crippen LogP contribution in [0.4, 0.5) is 0 Å². The number of cyclic esters (lactones) is 1. The predicted octanol–water partition coefficient (Wildman–Crippen LogP) is 5.84. The summed E-state index contributed by atoms with van der Waals surface area (Å²) in [5, 5.41) is 20.2. The lowest BCUT2D eigenvalue weighted by molar-refractivity contribution is -0.143. The SMILES string of the molecule is C[C@@H]1C[C@H](O)C[C@@H](O)CCCCCCCCCCCCCCCC=CC(=O)O1. The van der Waals surface area contributed by atoms with Crippen LogP contribution in [0.1, 0.15) is 116 Å².